The van der Waals surface area contributed by atoms with Gasteiger partial charge >= 0.3 is 0 Å². The fourth-order valence-electron chi connectivity index (χ4n) is 3.46. The van der Waals surface area contributed by atoms with Gasteiger partial charge in [-0.05, 0) is 43.4 Å². The average Bonchev–Trinajstić information content (AvgIpc) is 2.45. The zero-order chi connectivity index (χ0) is 15.1. The van der Waals surface area contributed by atoms with Gasteiger partial charge in [-0.3, -0.25) is 4.79 Å². The summed E-state index contributed by atoms with van der Waals surface area (Å²) in [5, 5.41) is 10.2. The molecule has 1 N–H and O–H groups in total. The summed E-state index contributed by atoms with van der Waals surface area (Å²) in [6, 6.07) is 0.921. The maximum atomic E-state index is 13.4. The third kappa shape index (κ3) is 2.41. The Bertz CT molecular complexity index is 555. The van der Waals surface area contributed by atoms with Crippen LogP contribution in [-0.2, 0) is 4.79 Å². The monoisotopic (exact) mass is 299 g/mol. The van der Waals surface area contributed by atoms with Gasteiger partial charge in [0.15, 0.2) is 17.5 Å². The molecule has 3 rings (SSSR count). The number of fused-ring (bicyclic) bond motifs is 1. The lowest BCUT2D eigenvalue weighted by Gasteiger charge is -2.47. The number of hydrogen-bond donors (Lipinski definition) is 1. The molecule has 2 saturated heterocycles. The Morgan fingerprint density at radius 1 is 1.10 bits per heavy atom. The van der Waals surface area contributed by atoms with Crippen molar-refractivity contribution in [2.24, 2.45) is 0 Å². The van der Waals surface area contributed by atoms with E-state index in [1.807, 2.05) is 0 Å². The van der Waals surface area contributed by atoms with Crippen molar-refractivity contribution in [1.29, 1.82) is 0 Å². The van der Waals surface area contributed by atoms with Gasteiger partial charge in [0, 0.05) is 12.5 Å². The number of hydrogen-bond acceptors (Lipinski definition) is 2. The van der Waals surface area contributed by atoms with Crippen molar-refractivity contribution >= 4 is 5.91 Å². The smallest absolute Gasteiger partial charge is 0.223 e. The van der Waals surface area contributed by atoms with E-state index in [-0.39, 0.29) is 17.5 Å². The molecule has 2 aliphatic rings. The molecule has 0 saturated carbocycles. The first-order valence-corrected chi connectivity index (χ1v) is 7.12. The highest BCUT2D eigenvalue weighted by atomic mass is 19.2. The molecule has 0 aliphatic carbocycles. The molecule has 3 atom stereocenters. The quantitative estimate of drug-likeness (QED) is 0.810. The van der Waals surface area contributed by atoms with Gasteiger partial charge in [-0.2, -0.15) is 0 Å². The summed E-state index contributed by atoms with van der Waals surface area (Å²) in [6.45, 7) is 0. The molecule has 0 radical (unpaired) electrons. The Labute approximate surface area is 120 Å². The molecule has 0 bridgehead atoms. The standard InChI is InChI=1S/C15H16F3NO2/c16-10-6-8(7-11(17)14(10)18)15-12(20)5-4-9-2-1-3-13(21)19(9)15/h6-7,9,12,15,20H,1-5H2/t9-,12-,15-/m1/s1. The van der Waals surface area contributed by atoms with E-state index in [9.17, 15) is 23.1 Å². The van der Waals surface area contributed by atoms with E-state index in [0.717, 1.165) is 25.0 Å². The molecular formula is C15H16F3NO2. The minimum atomic E-state index is -1.54. The van der Waals surface area contributed by atoms with Crippen LogP contribution in [0.5, 0.6) is 0 Å². The number of carbonyl (C=O) groups excluding carboxylic acids is 1. The molecule has 114 valence electrons. The van der Waals surface area contributed by atoms with Crippen molar-refractivity contribution in [3.8, 4) is 0 Å². The molecule has 1 aromatic carbocycles. The molecule has 6 heteroatoms. The first-order valence-electron chi connectivity index (χ1n) is 7.12. The van der Waals surface area contributed by atoms with Gasteiger partial charge in [0.05, 0.1) is 12.1 Å². The van der Waals surface area contributed by atoms with Crippen LogP contribution in [0.1, 0.15) is 43.7 Å². The van der Waals surface area contributed by atoms with Gasteiger partial charge in [0.2, 0.25) is 5.91 Å². The molecule has 1 amide bonds. The zero-order valence-electron chi connectivity index (χ0n) is 11.4. The van der Waals surface area contributed by atoms with Crippen molar-refractivity contribution < 1.29 is 23.1 Å². The molecule has 0 spiro atoms. The highest BCUT2D eigenvalue weighted by molar-refractivity contribution is 5.78. The van der Waals surface area contributed by atoms with Crippen molar-refractivity contribution in [2.45, 2.75) is 50.3 Å². The summed E-state index contributed by atoms with van der Waals surface area (Å²) >= 11 is 0. The van der Waals surface area contributed by atoms with E-state index in [1.165, 1.54) is 4.90 Å². The summed E-state index contributed by atoms with van der Waals surface area (Å²) in [4.78, 5) is 13.7. The van der Waals surface area contributed by atoms with E-state index in [2.05, 4.69) is 0 Å². The van der Waals surface area contributed by atoms with Crippen LogP contribution in [0, 0.1) is 17.5 Å². The molecule has 0 aromatic heterocycles. The number of aliphatic hydroxyl groups is 1. The normalized spacial score (nSPS) is 29.4. The summed E-state index contributed by atoms with van der Waals surface area (Å²) in [5.41, 5.74) is 0.110. The number of amides is 1. The molecule has 3 nitrogen and oxygen atoms in total. The van der Waals surface area contributed by atoms with Crippen LogP contribution in [0.4, 0.5) is 13.2 Å². The SMILES string of the molecule is O=C1CCC[C@@H]2CC[C@@H](O)[C@@H](c3cc(F)c(F)c(F)c3)N12. The highest BCUT2D eigenvalue weighted by Gasteiger charge is 2.42. The fraction of sp³-hybridized carbons (Fsp3) is 0.533. The van der Waals surface area contributed by atoms with Crippen LogP contribution in [0.15, 0.2) is 12.1 Å². The van der Waals surface area contributed by atoms with Gasteiger partial charge in [-0.15, -0.1) is 0 Å². The second kappa shape index (κ2) is 5.33. The van der Waals surface area contributed by atoms with E-state index in [1.54, 1.807) is 0 Å². The minimum Gasteiger partial charge on any atom is -0.391 e. The van der Waals surface area contributed by atoms with Crippen LogP contribution in [0.3, 0.4) is 0 Å². The van der Waals surface area contributed by atoms with E-state index in [4.69, 9.17) is 0 Å². The molecule has 21 heavy (non-hydrogen) atoms. The lowest BCUT2D eigenvalue weighted by molar-refractivity contribution is -0.148. The highest BCUT2D eigenvalue weighted by Crippen LogP contribution is 2.39. The molecule has 1 aromatic rings. The van der Waals surface area contributed by atoms with Crippen molar-refractivity contribution in [2.75, 3.05) is 0 Å². The Hall–Kier alpha value is -1.56. The van der Waals surface area contributed by atoms with Crippen LogP contribution in [0.2, 0.25) is 0 Å². The zero-order valence-corrected chi connectivity index (χ0v) is 11.4. The maximum Gasteiger partial charge on any atom is 0.223 e. The first kappa shape index (κ1) is 14.4. The van der Waals surface area contributed by atoms with Gasteiger partial charge < -0.3 is 10.0 Å². The van der Waals surface area contributed by atoms with Crippen LogP contribution in [0.25, 0.3) is 0 Å². The van der Waals surface area contributed by atoms with Gasteiger partial charge in [0.1, 0.15) is 0 Å². The van der Waals surface area contributed by atoms with Gasteiger partial charge in [-0.25, -0.2) is 13.2 Å². The largest absolute Gasteiger partial charge is 0.391 e. The van der Waals surface area contributed by atoms with Crippen LogP contribution in [-0.4, -0.2) is 28.1 Å². The second-order valence-corrected chi connectivity index (χ2v) is 5.74. The van der Waals surface area contributed by atoms with Gasteiger partial charge in [0.25, 0.3) is 0 Å². The molecule has 2 aliphatic heterocycles. The van der Waals surface area contributed by atoms with Crippen LogP contribution >= 0.6 is 0 Å². The number of aliphatic hydroxyl groups excluding tert-OH is 1. The van der Waals surface area contributed by atoms with Crippen LogP contribution < -0.4 is 0 Å². The van der Waals surface area contributed by atoms with Crippen molar-refractivity contribution in [3.63, 3.8) is 0 Å². The third-order valence-electron chi connectivity index (χ3n) is 4.42. The number of piperidine rings is 2. The minimum absolute atomic E-state index is 0.0178. The second-order valence-electron chi connectivity index (χ2n) is 5.74. The Morgan fingerprint density at radius 3 is 2.43 bits per heavy atom. The lowest BCUT2D eigenvalue weighted by Crippen LogP contribution is -2.52. The summed E-state index contributed by atoms with van der Waals surface area (Å²) in [5.74, 6) is -4.27. The summed E-state index contributed by atoms with van der Waals surface area (Å²) in [7, 11) is 0. The molecule has 2 fully saturated rings. The summed E-state index contributed by atoms with van der Waals surface area (Å²) < 4.78 is 40.0. The number of rotatable bonds is 1. The summed E-state index contributed by atoms with van der Waals surface area (Å²) in [6.07, 6.45) is 2.21. The predicted molar refractivity (Wildman–Crippen MR) is 68.8 cm³/mol. The number of benzene rings is 1. The first-order chi connectivity index (χ1) is 9.99. The number of halogens is 3. The fourth-order valence-corrected chi connectivity index (χ4v) is 3.46. The van der Waals surface area contributed by atoms with E-state index >= 15 is 0 Å². The van der Waals surface area contributed by atoms with Gasteiger partial charge in [-0.1, -0.05) is 0 Å². The maximum absolute atomic E-state index is 13.4. The molecular weight excluding hydrogens is 283 g/mol. The van der Waals surface area contributed by atoms with E-state index < -0.39 is 29.6 Å². The van der Waals surface area contributed by atoms with E-state index in [0.29, 0.717) is 19.3 Å². The molecule has 2 heterocycles. The number of nitrogens with zero attached hydrogens (tertiary/aromatic N) is 1. The van der Waals surface area contributed by atoms with Crippen molar-refractivity contribution in [3.05, 3.63) is 35.1 Å². The van der Waals surface area contributed by atoms with Crippen molar-refractivity contribution in [1.82, 2.24) is 4.90 Å². The lowest BCUT2D eigenvalue weighted by atomic mass is 9.84. The third-order valence-corrected chi connectivity index (χ3v) is 4.42. The Balaban J connectivity index is 2.03. The topological polar surface area (TPSA) is 40.5 Å². The Kier molecular flexibility index (Phi) is 3.65. The Morgan fingerprint density at radius 2 is 1.76 bits per heavy atom. The number of carbonyl (C=O) groups is 1. The molecule has 0 unspecified atom stereocenters. The predicted octanol–water partition coefficient (Wildman–Crippen LogP) is 2.68. The average molecular weight is 299 g/mol.